The minimum Gasteiger partial charge on any atom is -0.358 e. The van der Waals surface area contributed by atoms with Gasteiger partial charge in [0.2, 0.25) is 0 Å². The lowest BCUT2D eigenvalue weighted by atomic mass is 9.68. The summed E-state index contributed by atoms with van der Waals surface area (Å²) < 4.78 is 0. The van der Waals surface area contributed by atoms with Crippen molar-refractivity contribution in [3.63, 3.8) is 0 Å². The number of hydrogen-bond donors (Lipinski definition) is 1. The fourth-order valence-electron chi connectivity index (χ4n) is 4.81. The average Bonchev–Trinajstić information content (AvgIpc) is 2.92. The van der Waals surface area contributed by atoms with Crippen molar-refractivity contribution in [3.8, 4) is 0 Å². The lowest BCUT2D eigenvalue weighted by molar-refractivity contribution is -0.118. The van der Waals surface area contributed by atoms with E-state index < -0.39 is 5.92 Å². The summed E-state index contributed by atoms with van der Waals surface area (Å²) in [4.78, 5) is 26.6. The van der Waals surface area contributed by atoms with Crippen molar-refractivity contribution in [3.05, 3.63) is 87.1 Å². The van der Waals surface area contributed by atoms with Crippen molar-refractivity contribution in [1.29, 1.82) is 0 Å². The van der Waals surface area contributed by atoms with Crippen molar-refractivity contribution in [1.82, 2.24) is 5.32 Å². The van der Waals surface area contributed by atoms with Gasteiger partial charge in [0.25, 0.3) is 0 Å². The van der Waals surface area contributed by atoms with Crippen molar-refractivity contribution in [2.45, 2.75) is 32.6 Å². The number of dihydropyridines is 1. The molecule has 0 aromatic heterocycles. The lowest BCUT2D eigenvalue weighted by Crippen LogP contribution is -2.37. The Morgan fingerprint density at radius 1 is 0.929 bits per heavy atom. The summed E-state index contributed by atoms with van der Waals surface area (Å²) in [5.74, 6) is -0.352. The first-order chi connectivity index (χ1) is 13.4. The smallest absolute Gasteiger partial charge is 0.192 e. The molecular formula is C24H20ClNO2. The van der Waals surface area contributed by atoms with Crippen LogP contribution in [0.3, 0.4) is 0 Å². The molecule has 0 radical (unpaired) electrons. The van der Waals surface area contributed by atoms with E-state index in [4.69, 9.17) is 11.6 Å². The van der Waals surface area contributed by atoms with E-state index in [0.717, 1.165) is 28.9 Å². The van der Waals surface area contributed by atoms with Crippen LogP contribution in [0.25, 0.3) is 5.70 Å². The fourth-order valence-corrected chi connectivity index (χ4v) is 5.05. The zero-order valence-corrected chi connectivity index (χ0v) is 16.6. The van der Waals surface area contributed by atoms with Crippen LogP contribution < -0.4 is 5.32 Å². The molecular weight excluding hydrogens is 370 g/mol. The number of hydrogen-bond acceptors (Lipinski definition) is 3. The van der Waals surface area contributed by atoms with Crippen LogP contribution >= 0.6 is 11.6 Å². The van der Waals surface area contributed by atoms with Crippen molar-refractivity contribution in [2.75, 3.05) is 0 Å². The molecule has 3 nitrogen and oxygen atoms in total. The molecule has 0 saturated heterocycles. The highest BCUT2D eigenvalue weighted by atomic mass is 35.5. The third-order valence-electron chi connectivity index (χ3n) is 5.94. The standard InChI is InChI=1S/C24H20ClNO2/c1-24(2)11-17-20(18(27)12-24)19(15-9-5-6-10-16(15)25)21-22(26-17)13-7-3-4-8-14(13)23(21)28/h3-10,19,26H,11-12H2,1-2H3/t19-/m0/s1. The second-order valence-corrected chi connectivity index (χ2v) is 8.98. The number of carbonyl (C=O) groups excluding carboxylic acids is 2. The highest BCUT2D eigenvalue weighted by molar-refractivity contribution is 6.32. The molecule has 1 atom stereocenters. The Kier molecular flexibility index (Phi) is 3.69. The molecule has 0 fully saturated rings. The third-order valence-corrected chi connectivity index (χ3v) is 6.29. The first kappa shape index (κ1) is 17.4. The van der Waals surface area contributed by atoms with E-state index >= 15 is 0 Å². The molecule has 1 heterocycles. The number of allylic oxidation sites excluding steroid dienone is 3. The van der Waals surface area contributed by atoms with Gasteiger partial charge in [-0.2, -0.15) is 0 Å². The quantitative estimate of drug-likeness (QED) is 0.721. The fraction of sp³-hybridized carbons (Fsp3) is 0.250. The molecule has 0 bridgehead atoms. The van der Waals surface area contributed by atoms with Crippen LogP contribution in [0, 0.1) is 5.41 Å². The van der Waals surface area contributed by atoms with Gasteiger partial charge in [-0.1, -0.05) is 67.9 Å². The predicted molar refractivity (Wildman–Crippen MR) is 110 cm³/mol. The van der Waals surface area contributed by atoms with E-state index in [2.05, 4.69) is 19.2 Å². The number of rotatable bonds is 1. The molecule has 0 unspecified atom stereocenters. The molecule has 2 aromatic rings. The number of nitrogens with one attached hydrogen (secondary N) is 1. The lowest BCUT2D eigenvalue weighted by Gasteiger charge is -2.39. The zero-order chi connectivity index (χ0) is 19.6. The van der Waals surface area contributed by atoms with Gasteiger partial charge in [0.1, 0.15) is 0 Å². The van der Waals surface area contributed by atoms with Gasteiger partial charge < -0.3 is 5.32 Å². The molecule has 28 heavy (non-hydrogen) atoms. The number of ketones is 2. The van der Waals surface area contributed by atoms with Crippen LogP contribution in [-0.2, 0) is 4.79 Å². The summed E-state index contributed by atoms with van der Waals surface area (Å²) in [5.41, 5.74) is 5.39. The number of fused-ring (bicyclic) bond motifs is 2. The Morgan fingerprint density at radius 2 is 1.61 bits per heavy atom. The van der Waals surface area contributed by atoms with Gasteiger partial charge in [-0.05, 0) is 23.5 Å². The van der Waals surface area contributed by atoms with E-state index in [1.54, 1.807) is 0 Å². The number of carbonyl (C=O) groups is 2. The van der Waals surface area contributed by atoms with Crippen LogP contribution in [0.1, 0.15) is 54.1 Å². The van der Waals surface area contributed by atoms with E-state index in [-0.39, 0.29) is 17.0 Å². The molecule has 3 aliphatic rings. The van der Waals surface area contributed by atoms with E-state index in [0.29, 0.717) is 28.2 Å². The summed E-state index contributed by atoms with van der Waals surface area (Å²) in [6, 6.07) is 15.2. The minimum absolute atomic E-state index is 0.0211. The molecule has 4 heteroatoms. The third kappa shape index (κ3) is 2.43. The van der Waals surface area contributed by atoms with Crippen molar-refractivity contribution < 1.29 is 9.59 Å². The van der Waals surface area contributed by atoms with Crippen LogP contribution in [0.5, 0.6) is 0 Å². The van der Waals surface area contributed by atoms with Crippen LogP contribution in [-0.4, -0.2) is 11.6 Å². The Balaban J connectivity index is 1.78. The van der Waals surface area contributed by atoms with E-state index in [1.165, 1.54) is 0 Å². The topological polar surface area (TPSA) is 46.2 Å². The summed E-state index contributed by atoms with van der Waals surface area (Å²) in [5, 5.41) is 4.06. The highest BCUT2D eigenvalue weighted by Crippen LogP contribution is 2.52. The van der Waals surface area contributed by atoms with E-state index in [9.17, 15) is 9.59 Å². The second kappa shape index (κ2) is 5.92. The van der Waals surface area contributed by atoms with Gasteiger partial charge in [-0.3, -0.25) is 9.59 Å². The van der Waals surface area contributed by atoms with Crippen molar-refractivity contribution >= 4 is 28.9 Å². The monoisotopic (exact) mass is 389 g/mol. The number of Topliss-reactive ketones (excluding diaryl/α,β-unsaturated/α-hetero) is 2. The largest absolute Gasteiger partial charge is 0.358 e. The van der Waals surface area contributed by atoms with Gasteiger partial charge in [0, 0.05) is 45.3 Å². The molecule has 0 amide bonds. The molecule has 2 aromatic carbocycles. The first-order valence-corrected chi connectivity index (χ1v) is 9.91. The SMILES string of the molecule is CC1(C)CC(=O)C2=C(C1)NC1=C(C(=O)c3ccccc31)[C@H]2c1ccccc1Cl. The zero-order valence-electron chi connectivity index (χ0n) is 15.8. The Labute approximate surface area is 169 Å². The predicted octanol–water partition coefficient (Wildman–Crippen LogP) is 5.28. The molecule has 1 N–H and O–H groups in total. The maximum absolute atomic E-state index is 13.4. The summed E-state index contributed by atoms with van der Waals surface area (Å²) >= 11 is 6.55. The van der Waals surface area contributed by atoms with Crippen LogP contribution in [0.4, 0.5) is 0 Å². The summed E-state index contributed by atoms with van der Waals surface area (Å²) in [6.45, 7) is 4.22. The number of halogens is 1. The van der Waals surface area contributed by atoms with E-state index in [1.807, 2.05) is 48.5 Å². The first-order valence-electron chi connectivity index (χ1n) is 9.53. The van der Waals surface area contributed by atoms with Gasteiger partial charge >= 0.3 is 0 Å². The van der Waals surface area contributed by atoms with Gasteiger partial charge in [0.15, 0.2) is 11.6 Å². The molecule has 1 aliphatic heterocycles. The summed E-state index contributed by atoms with van der Waals surface area (Å²) in [6.07, 6.45) is 1.24. The molecule has 140 valence electrons. The Bertz CT molecular complexity index is 1120. The second-order valence-electron chi connectivity index (χ2n) is 8.58. The highest BCUT2D eigenvalue weighted by Gasteiger charge is 2.46. The van der Waals surface area contributed by atoms with Crippen LogP contribution in [0.15, 0.2) is 65.4 Å². The van der Waals surface area contributed by atoms with Gasteiger partial charge in [0.05, 0.1) is 5.70 Å². The molecule has 5 rings (SSSR count). The van der Waals surface area contributed by atoms with Gasteiger partial charge in [-0.25, -0.2) is 0 Å². The Morgan fingerprint density at radius 3 is 2.36 bits per heavy atom. The molecule has 0 spiro atoms. The average molecular weight is 390 g/mol. The van der Waals surface area contributed by atoms with Crippen LogP contribution in [0.2, 0.25) is 5.02 Å². The molecule has 2 aliphatic carbocycles. The minimum atomic E-state index is -0.427. The normalized spacial score (nSPS) is 22.6. The maximum Gasteiger partial charge on any atom is 0.192 e. The number of benzene rings is 2. The molecule has 0 saturated carbocycles. The van der Waals surface area contributed by atoms with Gasteiger partial charge in [-0.15, -0.1) is 0 Å². The maximum atomic E-state index is 13.4. The summed E-state index contributed by atoms with van der Waals surface area (Å²) in [7, 11) is 0. The van der Waals surface area contributed by atoms with Crippen molar-refractivity contribution in [2.24, 2.45) is 5.41 Å². The Hall–Kier alpha value is -2.65.